The van der Waals surface area contributed by atoms with E-state index in [0.29, 0.717) is 0 Å². The molecule has 0 amide bonds. The van der Waals surface area contributed by atoms with Gasteiger partial charge in [-0.05, 0) is 6.07 Å². The Hall–Kier alpha value is -1.95. The third-order valence-electron chi connectivity index (χ3n) is 2.78. The van der Waals surface area contributed by atoms with E-state index in [2.05, 4.69) is 4.98 Å². The van der Waals surface area contributed by atoms with Gasteiger partial charge in [0.2, 0.25) is 0 Å². The third-order valence-corrected chi connectivity index (χ3v) is 2.78. The lowest BCUT2D eigenvalue weighted by atomic mass is 9.95. The number of hydrogen-bond donors (Lipinski definition) is 3. The molecule has 4 N–H and O–H groups in total. The summed E-state index contributed by atoms with van der Waals surface area (Å²) in [5, 5.41) is 28.1. The minimum absolute atomic E-state index is 0.0566. The first-order chi connectivity index (χ1) is 8.54. The number of nitrogens with zero attached hydrogens (tertiary/aromatic N) is 3. The maximum Gasteiger partial charge on any atom is 0.351 e. The van der Waals surface area contributed by atoms with Crippen LogP contribution in [0.1, 0.15) is 6.23 Å². The molecule has 0 aliphatic carbocycles. The summed E-state index contributed by atoms with van der Waals surface area (Å²) in [5.41, 5.74) is 4.68. The molecule has 0 unspecified atom stereocenters. The molecule has 1 saturated heterocycles. The molecular formula is C10H12N4O4. The van der Waals surface area contributed by atoms with E-state index in [1.165, 1.54) is 12.3 Å². The fourth-order valence-electron chi connectivity index (χ4n) is 1.82. The first-order valence-corrected chi connectivity index (χ1v) is 5.26. The van der Waals surface area contributed by atoms with Crippen LogP contribution in [-0.2, 0) is 4.74 Å². The SMILES string of the molecule is N#C[C@H]1[C@H](O)[C@H](O)CO[C@H]1n1ccc(N)nc1=O. The molecule has 1 aromatic heterocycles. The van der Waals surface area contributed by atoms with Crippen LogP contribution in [-0.4, -0.2) is 38.6 Å². The van der Waals surface area contributed by atoms with Crippen molar-refractivity contribution in [2.45, 2.75) is 18.4 Å². The molecule has 2 rings (SSSR count). The van der Waals surface area contributed by atoms with Crippen molar-refractivity contribution in [3.63, 3.8) is 0 Å². The summed E-state index contributed by atoms with van der Waals surface area (Å²) in [4.78, 5) is 15.1. The van der Waals surface area contributed by atoms with Crippen molar-refractivity contribution in [3.05, 3.63) is 22.7 Å². The largest absolute Gasteiger partial charge is 0.389 e. The van der Waals surface area contributed by atoms with Gasteiger partial charge in [0.15, 0.2) is 6.23 Å². The molecule has 0 bridgehead atoms. The molecule has 2 heterocycles. The highest BCUT2D eigenvalue weighted by Crippen LogP contribution is 2.28. The third kappa shape index (κ3) is 2.06. The summed E-state index contributed by atoms with van der Waals surface area (Å²) >= 11 is 0. The zero-order valence-corrected chi connectivity index (χ0v) is 9.30. The highest BCUT2D eigenvalue weighted by molar-refractivity contribution is 5.23. The average Bonchev–Trinajstić information content (AvgIpc) is 2.33. The van der Waals surface area contributed by atoms with Crippen molar-refractivity contribution in [1.82, 2.24) is 9.55 Å². The number of nitrogen functional groups attached to an aromatic ring is 1. The smallest absolute Gasteiger partial charge is 0.351 e. The Kier molecular flexibility index (Phi) is 3.29. The van der Waals surface area contributed by atoms with Gasteiger partial charge in [-0.2, -0.15) is 10.2 Å². The molecule has 1 aromatic rings. The first-order valence-electron chi connectivity index (χ1n) is 5.26. The quantitative estimate of drug-likeness (QED) is 0.537. The Morgan fingerprint density at radius 3 is 2.94 bits per heavy atom. The van der Waals surface area contributed by atoms with E-state index in [-0.39, 0.29) is 12.4 Å². The number of aromatic nitrogens is 2. The highest BCUT2D eigenvalue weighted by Gasteiger charge is 2.40. The van der Waals surface area contributed by atoms with E-state index in [4.69, 9.17) is 15.7 Å². The van der Waals surface area contributed by atoms with E-state index in [9.17, 15) is 15.0 Å². The van der Waals surface area contributed by atoms with Crippen LogP contribution in [0.15, 0.2) is 17.1 Å². The first kappa shape index (κ1) is 12.5. The number of hydrogen-bond acceptors (Lipinski definition) is 7. The lowest BCUT2D eigenvalue weighted by molar-refractivity contribution is -0.170. The Labute approximate surface area is 102 Å². The van der Waals surface area contributed by atoms with Gasteiger partial charge in [0.1, 0.15) is 23.9 Å². The fraction of sp³-hybridized carbons (Fsp3) is 0.500. The Morgan fingerprint density at radius 1 is 1.61 bits per heavy atom. The van der Waals surface area contributed by atoms with Crippen molar-refractivity contribution >= 4 is 5.82 Å². The summed E-state index contributed by atoms with van der Waals surface area (Å²) < 4.78 is 6.29. The average molecular weight is 252 g/mol. The maximum absolute atomic E-state index is 11.6. The molecule has 96 valence electrons. The number of anilines is 1. The molecule has 18 heavy (non-hydrogen) atoms. The lowest BCUT2D eigenvalue weighted by Gasteiger charge is -2.35. The maximum atomic E-state index is 11.6. The fourth-order valence-corrected chi connectivity index (χ4v) is 1.82. The van der Waals surface area contributed by atoms with Gasteiger partial charge in [-0.15, -0.1) is 0 Å². The molecule has 8 heteroatoms. The van der Waals surface area contributed by atoms with Gasteiger partial charge in [-0.1, -0.05) is 0 Å². The van der Waals surface area contributed by atoms with E-state index >= 15 is 0 Å². The molecule has 1 aliphatic heterocycles. The molecule has 0 radical (unpaired) electrons. The van der Waals surface area contributed by atoms with Gasteiger partial charge in [-0.3, -0.25) is 4.57 Å². The van der Waals surface area contributed by atoms with Crippen molar-refractivity contribution in [2.75, 3.05) is 12.3 Å². The van der Waals surface area contributed by atoms with Crippen LogP contribution in [0.4, 0.5) is 5.82 Å². The van der Waals surface area contributed by atoms with Gasteiger partial charge in [0.25, 0.3) is 0 Å². The predicted molar refractivity (Wildman–Crippen MR) is 59.0 cm³/mol. The normalized spacial score (nSPS) is 31.8. The summed E-state index contributed by atoms with van der Waals surface area (Å²) in [5.74, 6) is -1.00. The molecule has 0 spiro atoms. The van der Waals surface area contributed by atoms with E-state index in [1.54, 1.807) is 0 Å². The van der Waals surface area contributed by atoms with Gasteiger partial charge in [0.05, 0.1) is 12.7 Å². The second-order valence-electron chi connectivity index (χ2n) is 3.98. The summed E-state index contributed by atoms with van der Waals surface area (Å²) in [6, 6.07) is 3.21. The van der Waals surface area contributed by atoms with Crippen molar-refractivity contribution in [2.24, 2.45) is 5.92 Å². The number of aliphatic hydroxyl groups excluding tert-OH is 2. The predicted octanol–water partition coefficient (Wildman–Crippen LogP) is -1.78. The van der Waals surface area contributed by atoms with Crippen LogP contribution in [0, 0.1) is 17.2 Å². The monoisotopic (exact) mass is 252 g/mol. The van der Waals surface area contributed by atoms with E-state index < -0.39 is 30.0 Å². The summed E-state index contributed by atoms with van der Waals surface area (Å²) in [6.07, 6.45) is -2.08. The lowest BCUT2D eigenvalue weighted by Crippen LogP contribution is -2.48. The van der Waals surface area contributed by atoms with Crippen LogP contribution >= 0.6 is 0 Å². The number of nitriles is 1. The van der Waals surface area contributed by atoms with Gasteiger partial charge in [-0.25, -0.2) is 4.79 Å². The molecule has 4 atom stereocenters. The van der Waals surface area contributed by atoms with Gasteiger partial charge >= 0.3 is 5.69 Å². The Balaban J connectivity index is 2.38. The Morgan fingerprint density at radius 2 is 2.33 bits per heavy atom. The zero-order chi connectivity index (χ0) is 13.3. The Bertz CT molecular complexity index is 537. The second-order valence-corrected chi connectivity index (χ2v) is 3.98. The van der Waals surface area contributed by atoms with Gasteiger partial charge < -0.3 is 20.7 Å². The van der Waals surface area contributed by atoms with Crippen LogP contribution < -0.4 is 11.4 Å². The number of rotatable bonds is 1. The summed E-state index contributed by atoms with van der Waals surface area (Å²) in [7, 11) is 0. The van der Waals surface area contributed by atoms with Crippen LogP contribution in [0.5, 0.6) is 0 Å². The standard InChI is InChI=1S/C10H12N4O4/c11-3-5-8(16)6(15)4-18-9(5)14-2-1-7(12)13-10(14)17/h1-2,5-6,8-9,15-16H,4H2,(H2,12,13,17)/t5-,6+,8-,9+/m0/s1. The number of aliphatic hydroxyl groups is 2. The van der Waals surface area contributed by atoms with E-state index in [0.717, 1.165) is 4.57 Å². The van der Waals surface area contributed by atoms with Crippen LogP contribution in [0.25, 0.3) is 0 Å². The molecule has 1 fully saturated rings. The highest BCUT2D eigenvalue weighted by atomic mass is 16.5. The van der Waals surface area contributed by atoms with Crippen LogP contribution in [0.2, 0.25) is 0 Å². The van der Waals surface area contributed by atoms with E-state index in [1.807, 2.05) is 6.07 Å². The summed E-state index contributed by atoms with van der Waals surface area (Å²) in [6.45, 7) is -0.166. The zero-order valence-electron chi connectivity index (χ0n) is 9.30. The topological polar surface area (TPSA) is 134 Å². The molecular weight excluding hydrogens is 240 g/mol. The van der Waals surface area contributed by atoms with Crippen molar-refractivity contribution in [1.29, 1.82) is 5.26 Å². The van der Waals surface area contributed by atoms with Crippen LogP contribution in [0.3, 0.4) is 0 Å². The molecule has 1 aliphatic rings. The molecule has 0 aromatic carbocycles. The molecule has 8 nitrogen and oxygen atoms in total. The van der Waals surface area contributed by atoms with Crippen molar-refractivity contribution < 1.29 is 14.9 Å². The minimum atomic E-state index is -1.28. The minimum Gasteiger partial charge on any atom is -0.389 e. The molecule has 0 saturated carbocycles. The number of nitrogens with two attached hydrogens (primary N) is 1. The second kappa shape index (κ2) is 4.73. The number of ether oxygens (including phenoxy) is 1. The van der Waals surface area contributed by atoms with Gasteiger partial charge in [0, 0.05) is 6.20 Å². The van der Waals surface area contributed by atoms with Crippen molar-refractivity contribution in [3.8, 4) is 6.07 Å².